The van der Waals surface area contributed by atoms with Crippen molar-refractivity contribution in [3.63, 3.8) is 0 Å². The van der Waals surface area contributed by atoms with Crippen LogP contribution in [0.3, 0.4) is 0 Å². The Balaban J connectivity index is 2.97. The Morgan fingerprint density at radius 1 is 1.19 bits per heavy atom. The second-order valence-corrected chi connectivity index (χ2v) is 5.75. The van der Waals surface area contributed by atoms with Crippen molar-refractivity contribution in [1.82, 2.24) is 5.32 Å². The fraction of sp³-hybridized carbons (Fsp3) is 1.00. The van der Waals surface area contributed by atoms with Crippen molar-refractivity contribution in [3.05, 3.63) is 0 Å². The van der Waals surface area contributed by atoms with Crippen molar-refractivity contribution < 1.29 is 31.1 Å². The van der Waals surface area contributed by atoms with E-state index in [4.69, 9.17) is 0 Å². The van der Waals surface area contributed by atoms with Gasteiger partial charge in [-0.3, -0.25) is 0 Å². The van der Waals surface area contributed by atoms with Crippen LogP contribution in [0, 0.1) is 5.92 Å². The molecule has 0 aromatic rings. The fourth-order valence-electron chi connectivity index (χ4n) is 2.84. The maximum absolute atomic E-state index is 12.7. The van der Waals surface area contributed by atoms with Crippen molar-refractivity contribution in [3.8, 4) is 0 Å². The van der Waals surface area contributed by atoms with E-state index in [2.05, 4.69) is 10.1 Å². The van der Waals surface area contributed by atoms with Crippen LogP contribution in [-0.2, 0) is 4.74 Å². The summed E-state index contributed by atoms with van der Waals surface area (Å²) >= 11 is 0. The molecule has 2 atom stereocenters. The highest BCUT2D eigenvalue weighted by molar-refractivity contribution is 4.92. The maximum atomic E-state index is 12.7. The Labute approximate surface area is 120 Å². The molecule has 0 aromatic heterocycles. The largest absolute Gasteiger partial charge is 0.423 e. The molecule has 0 saturated heterocycles. The van der Waals surface area contributed by atoms with Gasteiger partial charge in [0.15, 0.2) is 0 Å². The topological polar surface area (TPSA) is 21.3 Å². The first-order valence-corrected chi connectivity index (χ1v) is 7.02. The van der Waals surface area contributed by atoms with Crippen molar-refractivity contribution in [2.24, 2.45) is 5.92 Å². The predicted octanol–water partition coefficient (Wildman–Crippen LogP) is 4.05. The molecule has 1 saturated carbocycles. The van der Waals surface area contributed by atoms with E-state index in [0.29, 0.717) is 13.0 Å². The van der Waals surface area contributed by atoms with Gasteiger partial charge in [0.1, 0.15) is 0 Å². The number of ether oxygens (including phenoxy) is 1. The summed E-state index contributed by atoms with van der Waals surface area (Å²) in [5.41, 5.74) is -1.41. The van der Waals surface area contributed by atoms with Crippen LogP contribution in [0.25, 0.3) is 0 Å². The molecule has 0 aromatic carbocycles. The van der Waals surface area contributed by atoms with Crippen molar-refractivity contribution in [2.45, 2.75) is 63.6 Å². The van der Waals surface area contributed by atoms with Crippen molar-refractivity contribution in [2.75, 3.05) is 13.1 Å². The first kappa shape index (κ1) is 18.5. The van der Waals surface area contributed by atoms with E-state index in [0.717, 1.165) is 6.42 Å². The van der Waals surface area contributed by atoms with E-state index in [1.165, 1.54) is 0 Å². The average molecular weight is 321 g/mol. The van der Waals surface area contributed by atoms with Crippen molar-refractivity contribution >= 4 is 0 Å². The SMILES string of the molecule is CCNCC1(OC(C(F)(F)F)C(F)(F)F)CCCC(C)C1. The molecule has 0 amide bonds. The lowest BCUT2D eigenvalue weighted by molar-refractivity contribution is -0.347. The van der Waals surface area contributed by atoms with E-state index in [1.54, 1.807) is 6.92 Å². The van der Waals surface area contributed by atoms with Gasteiger partial charge in [0, 0.05) is 6.54 Å². The third-order valence-corrected chi connectivity index (χ3v) is 3.71. The lowest BCUT2D eigenvalue weighted by atomic mass is 9.78. The van der Waals surface area contributed by atoms with Crippen molar-refractivity contribution in [1.29, 1.82) is 0 Å². The Hall–Kier alpha value is -0.500. The average Bonchev–Trinajstić information content (AvgIpc) is 2.31. The van der Waals surface area contributed by atoms with Gasteiger partial charge >= 0.3 is 12.4 Å². The maximum Gasteiger partial charge on any atom is 0.423 e. The lowest BCUT2D eigenvalue weighted by Crippen LogP contribution is -2.55. The molecule has 1 rings (SSSR count). The minimum absolute atomic E-state index is 0.00347. The smallest absolute Gasteiger partial charge is 0.353 e. The minimum atomic E-state index is -5.46. The Bertz CT molecular complexity index is 316. The standard InChI is InChI=1S/C13H21F6NO/c1-3-20-8-11(6-4-5-9(2)7-11)21-10(12(14,15)16)13(17,18)19/h9-10,20H,3-8H2,1-2H3. The molecule has 126 valence electrons. The second kappa shape index (κ2) is 6.73. The van der Waals surface area contributed by atoms with Gasteiger partial charge in [-0.2, -0.15) is 26.3 Å². The molecule has 1 aliphatic carbocycles. The highest BCUT2D eigenvalue weighted by Gasteiger charge is 2.60. The molecule has 0 aliphatic heterocycles. The van der Waals surface area contributed by atoms with Gasteiger partial charge in [0.25, 0.3) is 0 Å². The van der Waals surface area contributed by atoms with Gasteiger partial charge < -0.3 is 10.1 Å². The summed E-state index contributed by atoms with van der Waals surface area (Å²) in [6, 6.07) is 0. The zero-order valence-corrected chi connectivity index (χ0v) is 12.1. The number of hydrogen-bond donors (Lipinski definition) is 1. The number of alkyl halides is 6. The number of likely N-dealkylation sites (N-methyl/N-ethyl adjacent to an activating group) is 1. The highest BCUT2D eigenvalue weighted by atomic mass is 19.4. The molecule has 1 N–H and O–H groups in total. The molecule has 21 heavy (non-hydrogen) atoms. The van der Waals surface area contributed by atoms with Crippen LogP contribution < -0.4 is 5.32 Å². The molecule has 0 bridgehead atoms. The van der Waals surface area contributed by atoms with E-state index in [9.17, 15) is 26.3 Å². The molecular formula is C13H21F6NO. The van der Waals surface area contributed by atoms with Crippen LogP contribution in [0.15, 0.2) is 0 Å². The van der Waals surface area contributed by atoms with E-state index >= 15 is 0 Å². The van der Waals surface area contributed by atoms with E-state index < -0.39 is 24.1 Å². The fourth-order valence-corrected chi connectivity index (χ4v) is 2.84. The molecule has 2 unspecified atom stereocenters. The van der Waals surface area contributed by atoms with Crippen LogP contribution in [0.2, 0.25) is 0 Å². The molecule has 0 radical (unpaired) electrons. The van der Waals surface area contributed by atoms with E-state index in [1.807, 2.05) is 6.92 Å². The molecule has 2 nitrogen and oxygen atoms in total. The van der Waals surface area contributed by atoms with Crippen LogP contribution in [0.1, 0.15) is 39.5 Å². The van der Waals surface area contributed by atoms with Gasteiger partial charge in [0.2, 0.25) is 6.10 Å². The molecule has 1 fully saturated rings. The second-order valence-electron chi connectivity index (χ2n) is 5.75. The number of halogens is 6. The Kier molecular flexibility index (Phi) is 5.94. The summed E-state index contributed by atoms with van der Waals surface area (Å²) in [6.07, 6.45) is -12.9. The monoisotopic (exact) mass is 321 g/mol. The highest BCUT2D eigenvalue weighted by Crippen LogP contribution is 2.43. The summed E-state index contributed by atoms with van der Waals surface area (Å²) < 4.78 is 80.8. The first-order valence-electron chi connectivity index (χ1n) is 7.02. The van der Waals surface area contributed by atoms with Crippen LogP contribution in [-0.4, -0.2) is 37.1 Å². The quantitative estimate of drug-likeness (QED) is 0.771. The number of nitrogens with one attached hydrogen (secondary N) is 1. The van der Waals surface area contributed by atoms with Gasteiger partial charge in [-0.1, -0.05) is 26.7 Å². The Morgan fingerprint density at radius 2 is 1.76 bits per heavy atom. The normalized spacial score (nSPS) is 28.1. The van der Waals surface area contributed by atoms with Crippen LogP contribution in [0.5, 0.6) is 0 Å². The summed E-state index contributed by atoms with van der Waals surface area (Å²) in [4.78, 5) is 0. The van der Waals surface area contributed by atoms with E-state index in [-0.39, 0.29) is 25.3 Å². The molecule has 0 spiro atoms. The van der Waals surface area contributed by atoms with Gasteiger partial charge in [-0.05, 0) is 25.3 Å². The molecule has 0 heterocycles. The summed E-state index contributed by atoms with van der Waals surface area (Å²) in [5.74, 6) is 0.0412. The zero-order valence-electron chi connectivity index (χ0n) is 12.1. The summed E-state index contributed by atoms with van der Waals surface area (Å²) in [6.45, 7) is 4.02. The third-order valence-electron chi connectivity index (χ3n) is 3.71. The molecule has 8 heteroatoms. The van der Waals surface area contributed by atoms with Crippen LogP contribution in [0.4, 0.5) is 26.3 Å². The molecule has 1 aliphatic rings. The zero-order chi connectivity index (χ0) is 16.3. The predicted molar refractivity (Wildman–Crippen MR) is 65.9 cm³/mol. The minimum Gasteiger partial charge on any atom is -0.353 e. The first-order chi connectivity index (χ1) is 9.50. The number of rotatable bonds is 5. The summed E-state index contributed by atoms with van der Waals surface area (Å²) in [5, 5.41) is 2.83. The molecular weight excluding hydrogens is 300 g/mol. The van der Waals surface area contributed by atoms with Gasteiger partial charge in [-0.25, -0.2) is 0 Å². The number of hydrogen-bond acceptors (Lipinski definition) is 2. The summed E-state index contributed by atoms with van der Waals surface area (Å²) in [7, 11) is 0. The Morgan fingerprint density at radius 3 is 2.19 bits per heavy atom. The van der Waals surface area contributed by atoms with Gasteiger partial charge in [0.05, 0.1) is 5.60 Å². The lowest BCUT2D eigenvalue weighted by Gasteiger charge is -2.43. The third kappa shape index (κ3) is 5.32. The van der Waals surface area contributed by atoms with Gasteiger partial charge in [-0.15, -0.1) is 0 Å². The van der Waals surface area contributed by atoms with Crippen LogP contribution >= 0.6 is 0 Å².